The molecule has 1 aromatic heterocycles. The van der Waals surface area contributed by atoms with Gasteiger partial charge in [-0.2, -0.15) is 0 Å². The van der Waals surface area contributed by atoms with Crippen molar-refractivity contribution in [3.05, 3.63) is 84.2 Å². The zero-order valence-corrected chi connectivity index (χ0v) is 12.3. The number of benzene rings is 2. The van der Waals surface area contributed by atoms with Crippen LogP contribution in [0.5, 0.6) is 0 Å². The maximum absolute atomic E-state index is 12.0. The first-order chi connectivity index (χ1) is 10.7. The molecule has 0 aliphatic heterocycles. The number of aromatic nitrogens is 1. The average Bonchev–Trinajstić information content (AvgIpc) is 2.57. The molecule has 0 bridgehead atoms. The largest absolute Gasteiger partial charge is 0.321 e. The first kappa shape index (κ1) is 14.0. The molecule has 3 aromatic rings. The molecule has 3 rings (SSSR count). The van der Waals surface area contributed by atoms with E-state index in [9.17, 15) is 4.79 Å². The van der Waals surface area contributed by atoms with Crippen LogP contribution in [-0.4, -0.2) is 10.9 Å². The number of nitrogens with zero attached hydrogens (tertiary/aromatic N) is 1. The molecule has 1 amide bonds. The van der Waals surface area contributed by atoms with Gasteiger partial charge in [0.15, 0.2) is 0 Å². The third kappa shape index (κ3) is 3.04. The Hall–Kier alpha value is -2.94. The molecule has 22 heavy (non-hydrogen) atoms. The monoisotopic (exact) mass is 288 g/mol. The maximum atomic E-state index is 12.0. The minimum absolute atomic E-state index is 0.204. The van der Waals surface area contributed by atoms with E-state index in [1.165, 1.54) is 11.1 Å². The normalized spacial score (nSPS) is 10.2. The highest BCUT2D eigenvalue weighted by atomic mass is 16.1. The molecular weight excluding hydrogens is 272 g/mol. The van der Waals surface area contributed by atoms with Crippen LogP contribution in [0.2, 0.25) is 0 Å². The molecule has 1 heterocycles. The number of carbonyl (C=O) groups is 1. The Morgan fingerprint density at radius 3 is 2.32 bits per heavy atom. The molecule has 2 aromatic carbocycles. The average molecular weight is 288 g/mol. The third-order valence-corrected chi connectivity index (χ3v) is 3.50. The lowest BCUT2D eigenvalue weighted by Gasteiger charge is -2.08. The van der Waals surface area contributed by atoms with Crippen molar-refractivity contribution in [1.29, 1.82) is 0 Å². The summed E-state index contributed by atoms with van der Waals surface area (Å²) in [5.41, 5.74) is 4.73. The van der Waals surface area contributed by atoms with Gasteiger partial charge in [0, 0.05) is 11.9 Å². The fourth-order valence-corrected chi connectivity index (χ4v) is 2.32. The van der Waals surface area contributed by atoms with Crippen LogP contribution in [0.4, 0.5) is 5.69 Å². The zero-order chi connectivity index (χ0) is 15.4. The number of anilines is 1. The van der Waals surface area contributed by atoms with Gasteiger partial charge in [0.1, 0.15) is 5.69 Å². The molecule has 0 saturated heterocycles. The van der Waals surface area contributed by atoms with Crippen molar-refractivity contribution in [3.63, 3.8) is 0 Å². The lowest BCUT2D eigenvalue weighted by Crippen LogP contribution is -2.13. The van der Waals surface area contributed by atoms with Crippen molar-refractivity contribution in [2.24, 2.45) is 0 Å². The lowest BCUT2D eigenvalue weighted by molar-refractivity contribution is 0.102. The van der Waals surface area contributed by atoms with Crippen molar-refractivity contribution in [3.8, 4) is 11.1 Å². The van der Waals surface area contributed by atoms with Gasteiger partial charge in [0.25, 0.3) is 5.91 Å². The summed E-state index contributed by atoms with van der Waals surface area (Å²) >= 11 is 0. The van der Waals surface area contributed by atoms with E-state index in [1.54, 1.807) is 24.4 Å². The first-order valence-electron chi connectivity index (χ1n) is 7.12. The van der Waals surface area contributed by atoms with E-state index in [4.69, 9.17) is 0 Å². The summed E-state index contributed by atoms with van der Waals surface area (Å²) in [6.45, 7) is 2.09. The van der Waals surface area contributed by atoms with Crippen LogP contribution < -0.4 is 5.32 Å². The first-order valence-corrected chi connectivity index (χ1v) is 7.12. The number of amides is 1. The number of hydrogen-bond donors (Lipinski definition) is 1. The Morgan fingerprint density at radius 2 is 1.64 bits per heavy atom. The topological polar surface area (TPSA) is 42.0 Å². The summed E-state index contributed by atoms with van der Waals surface area (Å²) in [6.07, 6.45) is 1.61. The van der Waals surface area contributed by atoms with Crippen molar-refractivity contribution in [1.82, 2.24) is 4.98 Å². The SMILES string of the molecule is Cc1ccccc1-c1ccc(NC(=O)c2ccccn2)cc1. The summed E-state index contributed by atoms with van der Waals surface area (Å²) in [5.74, 6) is -0.204. The van der Waals surface area contributed by atoms with Gasteiger partial charge in [0.2, 0.25) is 0 Å². The van der Waals surface area contributed by atoms with Gasteiger partial charge in [-0.15, -0.1) is 0 Å². The van der Waals surface area contributed by atoms with Crippen molar-refractivity contribution in [2.45, 2.75) is 6.92 Å². The quantitative estimate of drug-likeness (QED) is 0.780. The van der Waals surface area contributed by atoms with Crippen LogP contribution in [0, 0.1) is 6.92 Å². The molecule has 0 aliphatic carbocycles. The van der Waals surface area contributed by atoms with Gasteiger partial charge < -0.3 is 5.32 Å². The predicted octanol–water partition coefficient (Wildman–Crippen LogP) is 4.31. The van der Waals surface area contributed by atoms with Gasteiger partial charge in [-0.3, -0.25) is 9.78 Å². The van der Waals surface area contributed by atoms with E-state index < -0.39 is 0 Å². The minimum atomic E-state index is -0.204. The Labute approximate surface area is 129 Å². The zero-order valence-electron chi connectivity index (χ0n) is 12.3. The van der Waals surface area contributed by atoms with Crippen molar-refractivity contribution < 1.29 is 4.79 Å². The van der Waals surface area contributed by atoms with Crippen LogP contribution in [0.15, 0.2) is 72.9 Å². The van der Waals surface area contributed by atoms with Crippen LogP contribution >= 0.6 is 0 Å². The molecule has 1 N–H and O–H groups in total. The molecule has 3 heteroatoms. The van der Waals surface area contributed by atoms with Crippen LogP contribution in [0.1, 0.15) is 16.1 Å². The summed E-state index contributed by atoms with van der Waals surface area (Å²) < 4.78 is 0. The van der Waals surface area contributed by atoms with E-state index in [-0.39, 0.29) is 5.91 Å². The minimum Gasteiger partial charge on any atom is -0.321 e. The second-order valence-corrected chi connectivity index (χ2v) is 5.06. The smallest absolute Gasteiger partial charge is 0.274 e. The number of hydrogen-bond acceptors (Lipinski definition) is 2. The number of aryl methyl sites for hydroxylation is 1. The van der Waals surface area contributed by atoms with E-state index in [0.717, 1.165) is 11.3 Å². The van der Waals surface area contributed by atoms with E-state index in [2.05, 4.69) is 29.4 Å². The van der Waals surface area contributed by atoms with Crippen LogP contribution in [0.3, 0.4) is 0 Å². The Balaban J connectivity index is 1.78. The molecule has 3 nitrogen and oxygen atoms in total. The molecule has 0 radical (unpaired) electrons. The van der Waals surface area contributed by atoms with Crippen molar-refractivity contribution in [2.75, 3.05) is 5.32 Å². The second-order valence-electron chi connectivity index (χ2n) is 5.06. The van der Waals surface area contributed by atoms with Gasteiger partial charge in [-0.05, 0) is 47.9 Å². The van der Waals surface area contributed by atoms with Crippen LogP contribution in [-0.2, 0) is 0 Å². The lowest BCUT2D eigenvalue weighted by atomic mass is 10.0. The maximum Gasteiger partial charge on any atom is 0.274 e. The third-order valence-electron chi connectivity index (χ3n) is 3.50. The predicted molar refractivity (Wildman–Crippen MR) is 88.8 cm³/mol. The summed E-state index contributed by atoms with van der Waals surface area (Å²) in [6, 6.07) is 21.3. The fraction of sp³-hybridized carbons (Fsp3) is 0.0526. The highest BCUT2D eigenvalue weighted by molar-refractivity contribution is 6.02. The highest BCUT2D eigenvalue weighted by Gasteiger charge is 2.07. The number of pyridine rings is 1. The highest BCUT2D eigenvalue weighted by Crippen LogP contribution is 2.24. The molecule has 0 atom stereocenters. The van der Waals surface area contributed by atoms with Gasteiger partial charge in [0.05, 0.1) is 0 Å². The molecular formula is C19H16N2O. The van der Waals surface area contributed by atoms with Gasteiger partial charge >= 0.3 is 0 Å². The van der Waals surface area contributed by atoms with E-state index >= 15 is 0 Å². The molecule has 108 valence electrons. The van der Waals surface area contributed by atoms with E-state index in [1.807, 2.05) is 36.4 Å². The van der Waals surface area contributed by atoms with Crippen LogP contribution in [0.25, 0.3) is 11.1 Å². The Kier molecular flexibility index (Phi) is 3.97. The van der Waals surface area contributed by atoms with Crippen molar-refractivity contribution >= 4 is 11.6 Å². The number of rotatable bonds is 3. The fourth-order valence-electron chi connectivity index (χ4n) is 2.32. The summed E-state index contributed by atoms with van der Waals surface area (Å²) in [5, 5.41) is 2.85. The summed E-state index contributed by atoms with van der Waals surface area (Å²) in [4.78, 5) is 16.1. The summed E-state index contributed by atoms with van der Waals surface area (Å²) in [7, 11) is 0. The van der Waals surface area contributed by atoms with E-state index in [0.29, 0.717) is 5.69 Å². The van der Waals surface area contributed by atoms with Gasteiger partial charge in [-0.25, -0.2) is 0 Å². The molecule has 0 fully saturated rings. The second kappa shape index (κ2) is 6.22. The standard InChI is InChI=1S/C19H16N2O/c1-14-6-2-3-7-17(14)15-9-11-16(12-10-15)21-19(22)18-8-4-5-13-20-18/h2-13H,1H3,(H,21,22). The molecule has 0 unspecified atom stereocenters. The van der Waals surface area contributed by atoms with Gasteiger partial charge in [-0.1, -0.05) is 42.5 Å². The number of nitrogens with one attached hydrogen (secondary N) is 1. The molecule has 0 aliphatic rings. The molecule has 0 saturated carbocycles. The number of carbonyl (C=O) groups excluding carboxylic acids is 1. The molecule has 0 spiro atoms. The Morgan fingerprint density at radius 1 is 0.909 bits per heavy atom. The Bertz CT molecular complexity index is 780.